The van der Waals surface area contributed by atoms with Crippen LogP contribution in [0.5, 0.6) is 0 Å². The number of hydrogen-bond acceptors (Lipinski definition) is 1. The van der Waals surface area contributed by atoms with Crippen molar-refractivity contribution < 1.29 is 22.7 Å². The van der Waals surface area contributed by atoms with E-state index in [2.05, 4.69) is 0 Å². The maximum atomic E-state index is 12.6. The van der Waals surface area contributed by atoms with Gasteiger partial charge in [0.1, 0.15) is 0 Å². The van der Waals surface area contributed by atoms with Crippen molar-refractivity contribution in [2.24, 2.45) is 0 Å². The van der Waals surface area contributed by atoms with Crippen molar-refractivity contribution in [1.82, 2.24) is 0 Å². The van der Waals surface area contributed by atoms with Crippen LogP contribution in [0.15, 0.2) is 12.2 Å². The molecule has 0 atom stereocenters. The molecule has 0 fully saturated rings. The van der Waals surface area contributed by atoms with Gasteiger partial charge < -0.3 is 5.11 Å². The van der Waals surface area contributed by atoms with Crippen molar-refractivity contribution in [2.75, 3.05) is 6.61 Å². The molecule has 16 heavy (non-hydrogen) atoms. The predicted molar refractivity (Wildman–Crippen MR) is 58.1 cm³/mol. The molecule has 1 N–H and O–H groups in total. The number of aliphatic hydroxyl groups excluding tert-OH is 1. The standard InChI is InChI=1S/C10H15BrF4O/c11-10(14,15)9(12,13)7-5-3-1-2-4-6-8-16/h5,7,16H,1-4,6,8H2. The predicted octanol–water partition coefficient (Wildman–Crippen LogP) is 4.11. The summed E-state index contributed by atoms with van der Waals surface area (Å²) in [6.07, 6.45) is 4.57. The number of allylic oxidation sites excluding steroid dienone is 2. The lowest BCUT2D eigenvalue weighted by Gasteiger charge is -2.17. The molecule has 0 aromatic rings. The van der Waals surface area contributed by atoms with Gasteiger partial charge in [-0.25, -0.2) is 0 Å². The van der Waals surface area contributed by atoms with E-state index in [1.165, 1.54) is 0 Å². The lowest BCUT2D eigenvalue weighted by atomic mass is 10.1. The van der Waals surface area contributed by atoms with E-state index in [0.717, 1.165) is 18.9 Å². The Hall–Kier alpha value is -0.100. The number of rotatable bonds is 8. The number of halogens is 5. The Labute approximate surface area is 101 Å². The topological polar surface area (TPSA) is 20.2 Å². The van der Waals surface area contributed by atoms with Crippen LogP contribution in [0.3, 0.4) is 0 Å². The zero-order chi connectivity index (χ0) is 12.7. The van der Waals surface area contributed by atoms with Gasteiger partial charge in [0.25, 0.3) is 0 Å². The molecule has 0 saturated heterocycles. The minimum atomic E-state index is -4.20. The minimum absolute atomic E-state index is 0.115. The first-order chi connectivity index (χ1) is 7.31. The molecule has 0 aliphatic rings. The first-order valence-electron chi connectivity index (χ1n) is 5.04. The summed E-state index contributed by atoms with van der Waals surface area (Å²) < 4.78 is 49.8. The lowest BCUT2D eigenvalue weighted by Crippen LogP contribution is -2.32. The van der Waals surface area contributed by atoms with Crippen LogP contribution >= 0.6 is 15.9 Å². The van der Waals surface area contributed by atoms with Crippen LogP contribution in [0, 0.1) is 0 Å². The van der Waals surface area contributed by atoms with Gasteiger partial charge >= 0.3 is 10.8 Å². The Balaban J connectivity index is 3.76. The van der Waals surface area contributed by atoms with E-state index < -0.39 is 10.8 Å². The Kier molecular flexibility index (Phi) is 7.22. The third-order valence-corrected chi connectivity index (χ3v) is 2.51. The van der Waals surface area contributed by atoms with Gasteiger partial charge in [-0.1, -0.05) is 18.9 Å². The smallest absolute Gasteiger partial charge is 0.367 e. The van der Waals surface area contributed by atoms with Gasteiger partial charge in [-0.2, -0.15) is 17.6 Å². The molecule has 1 nitrogen and oxygen atoms in total. The summed E-state index contributed by atoms with van der Waals surface area (Å²) in [7, 11) is 0. The van der Waals surface area contributed by atoms with E-state index in [4.69, 9.17) is 5.11 Å². The van der Waals surface area contributed by atoms with Gasteiger partial charge in [-0.3, -0.25) is 0 Å². The molecule has 0 amide bonds. The van der Waals surface area contributed by atoms with Crippen LogP contribution in [0.4, 0.5) is 17.6 Å². The van der Waals surface area contributed by atoms with Gasteiger partial charge in [0.15, 0.2) is 0 Å². The van der Waals surface area contributed by atoms with E-state index in [0.29, 0.717) is 19.3 Å². The SMILES string of the molecule is OCCCCCCC=CC(F)(F)C(F)(F)Br. The average Bonchev–Trinajstić information content (AvgIpc) is 2.14. The number of hydrogen-bond donors (Lipinski definition) is 1. The maximum absolute atomic E-state index is 12.6. The minimum Gasteiger partial charge on any atom is -0.396 e. The molecular formula is C10H15BrF4O. The largest absolute Gasteiger partial charge is 0.396 e. The summed E-state index contributed by atoms with van der Waals surface area (Å²) in [6.45, 7) is 0.115. The number of alkyl halides is 5. The molecule has 96 valence electrons. The fourth-order valence-electron chi connectivity index (χ4n) is 1.05. The fourth-order valence-corrected chi connectivity index (χ4v) is 1.19. The second-order valence-corrected chi connectivity index (χ2v) is 4.45. The van der Waals surface area contributed by atoms with Crippen LogP contribution in [0.25, 0.3) is 0 Å². The zero-order valence-electron chi connectivity index (χ0n) is 8.73. The average molecular weight is 307 g/mol. The van der Waals surface area contributed by atoms with Crippen molar-refractivity contribution in [2.45, 2.75) is 42.9 Å². The Bertz CT molecular complexity index is 213. The normalized spacial score (nSPS) is 13.6. The molecule has 0 bridgehead atoms. The van der Waals surface area contributed by atoms with E-state index in [9.17, 15) is 17.6 Å². The summed E-state index contributed by atoms with van der Waals surface area (Å²) >= 11 is 1.64. The molecule has 0 unspecified atom stereocenters. The molecule has 0 aliphatic heterocycles. The van der Waals surface area contributed by atoms with Crippen molar-refractivity contribution in [1.29, 1.82) is 0 Å². The van der Waals surface area contributed by atoms with Crippen LogP contribution in [0.1, 0.15) is 32.1 Å². The second-order valence-electron chi connectivity index (χ2n) is 3.45. The van der Waals surface area contributed by atoms with Gasteiger partial charge in [0.05, 0.1) is 0 Å². The lowest BCUT2D eigenvalue weighted by molar-refractivity contribution is -0.111. The highest BCUT2D eigenvalue weighted by molar-refractivity contribution is 9.10. The summed E-state index contributed by atoms with van der Waals surface area (Å²) in [5.74, 6) is -4.15. The fraction of sp³-hybridized carbons (Fsp3) is 0.800. The molecule has 0 aromatic carbocycles. The van der Waals surface area contributed by atoms with Crippen molar-refractivity contribution in [3.8, 4) is 0 Å². The van der Waals surface area contributed by atoms with Crippen LogP contribution < -0.4 is 0 Å². The number of aliphatic hydroxyl groups is 1. The Morgan fingerprint density at radius 3 is 2.06 bits per heavy atom. The van der Waals surface area contributed by atoms with Crippen LogP contribution in [-0.2, 0) is 0 Å². The van der Waals surface area contributed by atoms with Crippen molar-refractivity contribution in [3.05, 3.63) is 12.2 Å². The second kappa shape index (κ2) is 7.27. The molecular weight excluding hydrogens is 292 g/mol. The van der Waals surface area contributed by atoms with Gasteiger partial charge in [0, 0.05) is 6.61 Å². The van der Waals surface area contributed by atoms with E-state index in [-0.39, 0.29) is 12.7 Å². The summed E-state index contributed by atoms with van der Waals surface area (Å²) in [5.41, 5.74) is 0. The van der Waals surface area contributed by atoms with Gasteiger partial charge in [-0.05, 0) is 41.3 Å². The van der Waals surface area contributed by atoms with Crippen LogP contribution in [-0.4, -0.2) is 22.5 Å². The molecule has 0 aliphatic carbocycles. The van der Waals surface area contributed by atoms with Crippen molar-refractivity contribution >= 4 is 15.9 Å². The summed E-state index contributed by atoms with van der Waals surface area (Å²) in [6, 6.07) is 0. The monoisotopic (exact) mass is 306 g/mol. The molecule has 0 spiro atoms. The first kappa shape index (κ1) is 15.9. The highest BCUT2D eigenvalue weighted by Gasteiger charge is 2.51. The van der Waals surface area contributed by atoms with E-state index >= 15 is 0 Å². The number of unbranched alkanes of at least 4 members (excludes halogenated alkanes) is 4. The van der Waals surface area contributed by atoms with Gasteiger partial charge in [-0.15, -0.1) is 0 Å². The highest BCUT2D eigenvalue weighted by atomic mass is 79.9. The molecule has 0 heterocycles. The van der Waals surface area contributed by atoms with E-state index in [1.807, 2.05) is 0 Å². The quantitative estimate of drug-likeness (QED) is 0.310. The third-order valence-electron chi connectivity index (χ3n) is 1.98. The summed E-state index contributed by atoms with van der Waals surface area (Å²) in [4.78, 5) is -4.20. The van der Waals surface area contributed by atoms with E-state index in [1.54, 1.807) is 15.9 Å². The zero-order valence-corrected chi connectivity index (χ0v) is 10.3. The van der Waals surface area contributed by atoms with Crippen molar-refractivity contribution in [3.63, 3.8) is 0 Å². The molecule has 0 rings (SSSR count). The first-order valence-corrected chi connectivity index (χ1v) is 5.83. The molecule has 0 aromatic heterocycles. The van der Waals surface area contributed by atoms with Gasteiger partial charge in [0.2, 0.25) is 0 Å². The molecule has 6 heteroatoms. The Morgan fingerprint density at radius 2 is 1.56 bits per heavy atom. The molecule has 0 radical (unpaired) electrons. The third kappa shape index (κ3) is 6.48. The summed E-state index contributed by atoms with van der Waals surface area (Å²) in [5, 5.41) is 8.46. The van der Waals surface area contributed by atoms with Crippen LogP contribution in [0.2, 0.25) is 0 Å². The maximum Gasteiger partial charge on any atom is 0.367 e. The Morgan fingerprint density at radius 1 is 1.00 bits per heavy atom. The highest BCUT2D eigenvalue weighted by Crippen LogP contribution is 2.40. The molecule has 0 saturated carbocycles.